The molecule has 8 nitrogen and oxygen atoms in total. The Morgan fingerprint density at radius 3 is 2.06 bits per heavy atom. The summed E-state index contributed by atoms with van der Waals surface area (Å²) < 4.78 is 5.01. The van der Waals surface area contributed by atoms with E-state index in [1.165, 1.54) is 12.1 Å². The molecule has 0 aliphatic rings. The Bertz CT molecular complexity index is 1220. The van der Waals surface area contributed by atoms with Gasteiger partial charge in [0.15, 0.2) is 12.4 Å². The van der Waals surface area contributed by atoms with Gasteiger partial charge in [-0.3, -0.25) is 24.5 Å². The highest BCUT2D eigenvalue weighted by atomic mass is 16.6. The van der Waals surface area contributed by atoms with Gasteiger partial charge in [-0.25, -0.2) is 0 Å². The number of esters is 1. The van der Waals surface area contributed by atoms with E-state index in [-0.39, 0.29) is 36.8 Å². The molecule has 0 atom stereocenters. The number of aryl methyl sites for hydroxylation is 2. The number of non-ortho nitro benzene ring substituents is 1. The van der Waals surface area contributed by atoms with Crippen LogP contribution in [0.2, 0.25) is 0 Å². The number of nitrogens with zero attached hydrogens (tertiary/aromatic N) is 1. The van der Waals surface area contributed by atoms with Gasteiger partial charge in [-0.2, -0.15) is 0 Å². The van der Waals surface area contributed by atoms with Crippen molar-refractivity contribution >= 4 is 29.0 Å². The number of benzene rings is 3. The maximum Gasteiger partial charge on any atom is 0.306 e. The number of carbonyl (C=O) groups excluding carboxylic acids is 3. The van der Waals surface area contributed by atoms with Gasteiger partial charge in [0.2, 0.25) is 5.91 Å². The second-order valence-electron chi connectivity index (χ2n) is 7.81. The number of nitro groups is 1. The molecule has 174 valence electrons. The van der Waals surface area contributed by atoms with Crippen molar-refractivity contribution in [3.8, 4) is 11.1 Å². The van der Waals surface area contributed by atoms with Crippen molar-refractivity contribution in [3.63, 3.8) is 0 Å². The molecule has 1 N–H and O–H groups in total. The van der Waals surface area contributed by atoms with Crippen LogP contribution in [-0.4, -0.2) is 29.2 Å². The SMILES string of the molecule is Cc1ccc(C(=O)COC(=O)CCC(=O)Nc2ccc(-c3ccc([N+](=O)[O-])cc3)cc2)cc1C. The number of nitro benzene ring substituents is 1. The number of rotatable bonds is 9. The lowest BCUT2D eigenvalue weighted by Gasteiger charge is -2.08. The molecule has 3 aromatic carbocycles. The summed E-state index contributed by atoms with van der Waals surface area (Å²) in [7, 11) is 0. The van der Waals surface area contributed by atoms with Gasteiger partial charge in [0.1, 0.15) is 0 Å². The first-order valence-corrected chi connectivity index (χ1v) is 10.6. The second-order valence-corrected chi connectivity index (χ2v) is 7.81. The molecule has 3 aromatic rings. The van der Waals surface area contributed by atoms with E-state index in [0.29, 0.717) is 11.3 Å². The molecule has 0 fully saturated rings. The topological polar surface area (TPSA) is 116 Å². The smallest absolute Gasteiger partial charge is 0.306 e. The van der Waals surface area contributed by atoms with Crippen molar-refractivity contribution in [2.45, 2.75) is 26.7 Å². The Kier molecular flexibility index (Phi) is 7.87. The van der Waals surface area contributed by atoms with Gasteiger partial charge in [0.05, 0.1) is 11.3 Å². The summed E-state index contributed by atoms with van der Waals surface area (Å²) >= 11 is 0. The number of hydrogen-bond donors (Lipinski definition) is 1. The molecule has 0 spiro atoms. The summed E-state index contributed by atoms with van der Waals surface area (Å²) in [5, 5.41) is 13.5. The standard InChI is InChI=1S/C26H24N2O6/c1-17-3-4-21(15-18(17)2)24(29)16-34-26(31)14-13-25(30)27-22-9-5-19(6-10-22)20-7-11-23(12-8-20)28(32)33/h3-12,15H,13-14,16H2,1-2H3,(H,27,30). The van der Waals surface area contributed by atoms with E-state index in [0.717, 1.165) is 22.3 Å². The van der Waals surface area contributed by atoms with Crippen LogP contribution >= 0.6 is 0 Å². The van der Waals surface area contributed by atoms with Crippen LogP contribution < -0.4 is 5.32 Å². The summed E-state index contributed by atoms with van der Waals surface area (Å²) in [6.07, 6.45) is -0.228. The molecule has 0 aliphatic carbocycles. The van der Waals surface area contributed by atoms with E-state index in [1.54, 1.807) is 48.5 Å². The molecule has 0 radical (unpaired) electrons. The maximum atomic E-state index is 12.2. The van der Waals surface area contributed by atoms with Gasteiger partial charge in [-0.1, -0.05) is 24.3 Å². The summed E-state index contributed by atoms with van der Waals surface area (Å²) in [4.78, 5) is 46.6. The van der Waals surface area contributed by atoms with Crippen LogP contribution in [0.5, 0.6) is 0 Å². The van der Waals surface area contributed by atoms with E-state index in [2.05, 4.69) is 5.32 Å². The molecule has 8 heteroatoms. The Morgan fingerprint density at radius 2 is 1.47 bits per heavy atom. The predicted octanol–water partition coefficient (Wildman–Crippen LogP) is 5.02. The highest BCUT2D eigenvalue weighted by molar-refractivity contribution is 5.98. The van der Waals surface area contributed by atoms with Crippen LogP contribution in [0.25, 0.3) is 11.1 Å². The Morgan fingerprint density at radius 1 is 0.853 bits per heavy atom. The van der Waals surface area contributed by atoms with Crippen LogP contribution in [0.3, 0.4) is 0 Å². The molecule has 0 bridgehead atoms. The summed E-state index contributed by atoms with van der Waals surface area (Å²) in [5.74, 6) is -1.28. The minimum absolute atomic E-state index is 0.0146. The van der Waals surface area contributed by atoms with Crippen molar-refractivity contribution in [1.82, 2.24) is 0 Å². The highest BCUT2D eigenvalue weighted by Crippen LogP contribution is 2.24. The fourth-order valence-electron chi connectivity index (χ4n) is 3.18. The molecule has 0 unspecified atom stereocenters. The van der Waals surface area contributed by atoms with E-state index in [4.69, 9.17) is 4.74 Å². The van der Waals surface area contributed by atoms with Crippen LogP contribution in [0, 0.1) is 24.0 Å². The van der Waals surface area contributed by atoms with Gasteiger partial charge in [-0.15, -0.1) is 0 Å². The predicted molar refractivity (Wildman–Crippen MR) is 128 cm³/mol. The van der Waals surface area contributed by atoms with Gasteiger partial charge in [0, 0.05) is 29.8 Å². The number of anilines is 1. The molecular weight excluding hydrogens is 436 g/mol. The zero-order valence-electron chi connectivity index (χ0n) is 18.9. The Labute approximate surface area is 196 Å². The van der Waals surface area contributed by atoms with Gasteiger partial charge in [0.25, 0.3) is 5.69 Å². The van der Waals surface area contributed by atoms with Gasteiger partial charge < -0.3 is 10.1 Å². The maximum absolute atomic E-state index is 12.2. The van der Waals surface area contributed by atoms with Crippen molar-refractivity contribution in [3.05, 3.63) is 93.5 Å². The zero-order chi connectivity index (χ0) is 24.7. The van der Waals surface area contributed by atoms with Crippen molar-refractivity contribution in [1.29, 1.82) is 0 Å². The normalized spacial score (nSPS) is 10.4. The molecule has 0 saturated carbocycles. The fourth-order valence-corrected chi connectivity index (χ4v) is 3.18. The molecular formula is C26H24N2O6. The van der Waals surface area contributed by atoms with Crippen molar-refractivity contribution < 1.29 is 24.0 Å². The summed E-state index contributed by atoms with van der Waals surface area (Å²) in [6, 6.07) is 18.4. The molecule has 0 heterocycles. The lowest BCUT2D eigenvalue weighted by molar-refractivity contribution is -0.384. The first kappa shape index (κ1) is 24.3. The summed E-state index contributed by atoms with van der Waals surface area (Å²) in [6.45, 7) is 3.48. The second kappa shape index (κ2) is 11.0. The lowest BCUT2D eigenvalue weighted by Crippen LogP contribution is -2.17. The first-order chi connectivity index (χ1) is 16.2. The molecule has 0 aliphatic heterocycles. The minimum atomic E-state index is -0.624. The average molecular weight is 460 g/mol. The number of Topliss-reactive ketones (excluding diaryl/α,β-unsaturated/α-hetero) is 1. The van der Waals surface area contributed by atoms with Crippen LogP contribution in [0.15, 0.2) is 66.7 Å². The average Bonchev–Trinajstić information content (AvgIpc) is 2.83. The Balaban J connectivity index is 1.44. The molecule has 0 saturated heterocycles. The monoisotopic (exact) mass is 460 g/mol. The quantitative estimate of drug-likeness (QED) is 0.207. The van der Waals surface area contributed by atoms with Gasteiger partial charge in [-0.05, 0) is 66.4 Å². The van der Waals surface area contributed by atoms with Crippen molar-refractivity contribution in [2.75, 3.05) is 11.9 Å². The van der Waals surface area contributed by atoms with Crippen LogP contribution in [0.1, 0.15) is 34.3 Å². The lowest BCUT2D eigenvalue weighted by atomic mass is 10.0. The number of amides is 1. The van der Waals surface area contributed by atoms with E-state index < -0.39 is 10.9 Å². The largest absolute Gasteiger partial charge is 0.457 e. The van der Waals surface area contributed by atoms with E-state index in [9.17, 15) is 24.5 Å². The van der Waals surface area contributed by atoms with Crippen molar-refractivity contribution in [2.24, 2.45) is 0 Å². The number of ketones is 1. The first-order valence-electron chi connectivity index (χ1n) is 10.6. The minimum Gasteiger partial charge on any atom is -0.457 e. The van der Waals surface area contributed by atoms with Gasteiger partial charge >= 0.3 is 5.97 Å². The fraction of sp³-hybridized carbons (Fsp3) is 0.192. The van der Waals surface area contributed by atoms with Crippen LogP contribution in [0.4, 0.5) is 11.4 Å². The number of hydrogen-bond acceptors (Lipinski definition) is 6. The number of ether oxygens (including phenoxy) is 1. The molecule has 34 heavy (non-hydrogen) atoms. The van der Waals surface area contributed by atoms with Crippen LogP contribution in [-0.2, 0) is 14.3 Å². The van der Waals surface area contributed by atoms with E-state index in [1.807, 2.05) is 19.9 Å². The third-order valence-corrected chi connectivity index (χ3v) is 5.33. The number of carbonyl (C=O) groups is 3. The Hall–Kier alpha value is -4.33. The van der Waals surface area contributed by atoms with E-state index >= 15 is 0 Å². The molecule has 0 aromatic heterocycles. The number of nitrogens with one attached hydrogen (secondary N) is 1. The third-order valence-electron chi connectivity index (χ3n) is 5.33. The third kappa shape index (κ3) is 6.59. The highest BCUT2D eigenvalue weighted by Gasteiger charge is 2.13. The molecule has 1 amide bonds. The zero-order valence-corrected chi connectivity index (χ0v) is 18.9. The molecule has 3 rings (SSSR count). The summed E-state index contributed by atoms with van der Waals surface area (Å²) in [5.41, 5.74) is 4.74.